The van der Waals surface area contributed by atoms with Crippen LogP contribution < -0.4 is 11.1 Å². The molecule has 0 radical (unpaired) electrons. The summed E-state index contributed by atoms with van der Waals surface area (Å²) >= 11 is 3.36. The predicted octanol–water partition coefficient (Wildman–Crippen LogP) is 2.02. The second-order valence-electron chi connectivity index (χ2n) is 3.52. The number of aromatic nitrogens is 2. The third-order valence-electron chi connectivity index (χ3n) is 2.30. The van der Waals surface area contributed by atoms with Gasteiger partial charge < -0.3 is 15.6 Å². The van der Waals surface area contributed by atoms with Crippen molar-refractivity contribution >= 4 is 33.3 Å². The third kappa shape index (κ3) is 2.31. The number of imidazole rings is 1. The monoisotopic (exact) mass is 294 g/mol. The molecule has 0 unspecified atom stereocenters. The molecule has 0 bridgehead atoms. The summed E-state index contributed by atoms with van der Waals surface area (Å²) in [6, 6.07) is 7.36. The predicted molar refractivity (Wildman–Crippen MR) is 69.7 cm³/mol. The highest BCUT2D eigenvalue weighted by Crippen LogP contribution is 2.22. The average molecular weight is 295 g/mol. The van der Waals surface area contributed by atoms with Crippen LogP contribution >= 0.6 is 15.9 Å². The molecule has 0 aliphatic heterocycles. The van der Waals surface area contributed by atoms with E-state index in [4.69, 9.17) is 5.73 Å². The Kier molecular flexibility index (Phi) is 3.14. The summed E-state index contributed by atoms with van der Waals surface area (Å²) in [5.74, 6) is -0.0635. The van der Waals surface area contributed by atoms with E-state index in [1.165, 1.54) is 6.33 Å². The molecule has 2 rings (SSSR count). The van der Waals surface area contributed by atoms with Gasteiger partial charge in [0.15, 0.2) is 11.5 Å². The average Bonchev–Trinajstić information content (AvgIpc) is 2.62. The Balaban J connectivity index is 2.27. The van der Waals surface area contributed by atoms with Crippen LogP contribution in [0.4, 0.5) is 11.5 Å². The first-order valence-electron chi connectivity index (χ1n) is 4.92. The van der Waals surface area contributed by atoms with Crippen molar-refractivity contribution in [3.05, 3.63) is 40.8 Å². The smallest absolute Gasteiger partial charge is 0.276 e. The highest BCUT2D eigenvalue weighted by Gasteiger charge is 2.15. The lowest BCUT2D eigenvalue weighted by atomic mass is 10.3. The molecule has 17 heavy (non-hydrogen) atoms. The first-order valence-corrected chi connectivity index (χ1v) is 5.71. The number of carbonyl (C=O) groups is 1. The summed E-state index contributed by atoms with van der Waals surface area (Å²) in [6.45, 7) is 0. The Labute approximate surface area is 107 Å². The highest BCUT2D eigenvalue weighted by molar-refractivity contribution is 9.10. The van der Waals surface area contributed by atoms with Crippen LogP contribution in [0.2, 0.25) is 0 Å². The summed E-state index contributed by atoms with van der Waals surface area (Å²) in [6.07, 6.45) is 1.50. The van der Waals surface area contributed by atoms with Crippen LogP contribution in [0.3, 0.4) is 0 Å². The van der Waals surface area contributed by atoms with Crippen molar-refractivity contribution in [2.45, 2.75) is 0 Å². The number of benzene rings is 1. The Morgan fingerprint density at radius 1 is 1.47 bits per heavy atom. The van der Waals surface area contributed by atoms with E-state index in [0.29, 0.717) is 11.4 Å². The van der Waals surface area contributed by atoms with Gasteiger partial charge in [-0.15, -0.1) is 0 Å². The van der Waals surface area contributed by atoms with Gasteiger partial charge in [0.2, 0.25) is 0 Å². The zero-order chi connectivity index (χ0) is 12.4. The number of anilines is 2. The molecule has 0 atom stereocenters. The molecule has 1 aromatic heterocycles. The second kappa shape index (κ2) is 4.58. The third-order valence-corrected chi connectivity index (χ3v) is 2.99. The quantitative estimate of drug-likeness (QED) is 0.890. The minimum Gasteiger partial charge on any atom is -0.382 e. The fourth-order valence-corrected chi connectivity index (χ4v) is 1.85. The maximum atomic E-state index is 12.0. The van der Waals surface area contributed by atoms with E-state index in [-0.39, 0.29) is 11.7 Å². The largest absolute Gasteiger partial charge is 0.382 e. The van der Waals surface area contributed by atoms with E-state index in [9.17, 15) is 4.79 Å². The molecule has 3 N–H and O–H groups in total. The first kappa shape index (κ1) is 11.7. The Morgan fingerprint density at radius 2 is 2.18 bits per heavy atom. The van der Waals surface area contributed by atoms with Crippen LogP contribution in [0, 0.1) is 0 Å². The van der Waals surface area contributed by atoms with Crippen molar-refractivity contribution < 1.29 is 4.79 Å². The Morgan fingerprint density at radius 3 is 2.76 bits per heavy atom. The lowest BCUT2D eigenvalue weighted by Crippen LogP contribution is -2.17. The topological polar surface area (TPSA) is 72.9 Å². The molecule has 0 saturated carbocycles. The maximum Gasteiger partial charge on any atom is 0.276 e. The van der Waals surface area contributed by atoms with Crippen LogP contribution in [0.15, 0.2) is 35.1 Å². The standard InChI is InChI=1S/C11H11BrN4O/c1-16-6-14-10(13)9(16)11(17)15-8-5-3-2-4-7(8)12/h2-6H,13H2,1H3,(H,15,17). The van der Waals surface area contributed by atoms with Crippen molar-refractivity contribution in [2.75, 3.05) is 11.1 Å². The number of halogens is 1. The number of rotatable bonds is 2. The SMILES string of the molecule is Cn1cnc(N)c1C(=O)Nc1ccccc1Br. The van der Waals surface area contributed by atoms with Gasteiger partial charge >= 0.3 is 0 Å². The van der Waals surface area contributed by atoms with Gasteiger partial charge in [-0.3, -0.25) is 4.79 Å². The van der Waals surface area contributed by atoms with Gasteiger partial charge in [-0.2, -0.15) is 0 Å². The van der Waals surface area contributed by atoms with Gasteiger partial charge in [0, 0.05) is 11.5 Å². The van der Waals surface area contributed by atoms with Gasteiger partial charge in [-0.1, -0.05) is 12.1 Å². The molecule has 0 fully saturated rings. The van der Waals surface area contributed by atoms with Crippen LogP contribution in [0.5, 0.6) is 0 Å². The maximum absolute atomic E-state index is 12.0. The van der Waals surface area contributed by atoms with Gasteiger partial charge in [-0.05, 0) is 28.1 Å². The zero-order valence-electron chi connectivity index (χ0n) is 9.14. The summed E-state index contributed by atoms with van der Waals surface area (Å²) < 4.78 is 2.40. The number of hydrogen-bond donors (Lipinski definition) is 2. The van der Waals surface area contributed by atoms with Crippen molar-refractivity contribution in [1.29, 1.82) is 0 Å². The lowest BCUT2D eigenvalue weighted by Gasteiger charge is -2.07. The number of nitrogen functional groups attached to an aromatic ring is 1. The van der Waals surface area contributed by atoms with E-state index < -0.39 is 0 Å². The molecule has 6 heteroatoms. The Bertz CT molecular complexity index is 545. The van der Waals surface area contributed by atoms with Gasteiger partial charge in [0.1, 0.15) is 0 Å². The Hall–Kier alpha value is -1.82. The molecule has 0 aliphatic rings. The number of carbonyl (C=O) groups excluding carboxylic acids is 1. The number of amides is 1. The van der Waals surface area contributed by atoms with Crippen LogP contribution in [-0.2, 0) is 7.05 Å². The summed E-state index contributed by atoms with van der Waals surface area (Å²) in [5.41, 5.74) is 6.67. The first-order chi connectivity index (χ1) is 8.09. The zero-order valence-corrected chi connectivity index (χ0v) is 10.7. The van der Waals surface area contributed by atoms with E-state index in [1.807, 2.05) is 18.2 Å². The fraction of sp³-hybridized carbons (Fsp3) is 0.0909. The molecule has 1 aromatic carbocycles. The minimum atomic E-state index is -0.283. The van der Waals surface area contributed by atoms with E-state index in [1.54, 1.807) is 17.7 Å². The van der Waals surface area contributed by atoms with Crippen LogP contribution in [-0.4, -0.2) is 15.5 Å². The van der Waals surface area contributed by atoms with Crippen molar-refractivity contribution in [3.63, 3.8) is 0 Å². The fourth-order valence-electron chi connectivity index (χ4n) is 1.47. The van der Waals surface area contributed by atoms with Crippen molar-refractivity contribution in [2.24, 2.45) is 7.05 Å². The van der Waals surface area contributed by atoms with Crippen LogP contribution in [0.1, 0.15) is 10.5 Å². The molecule has 88 valence electrons. The minimum absolute atomic E-state index is 0.219. The number of nitrogens with two attached hydrogens (primary N) is 1. The summed E-state index contributed by atoms with van der Waals surface area (Å²) in [4.78, 5) is 15.9. The van der Waals surface area contributed by atoms with Crippen LogP contribution in [0.25, 0.3) is 0 Å². The molecule has 5 nitrogen and oxygen atoms in total. The number of para-hydroxylation sites is 1. The summed E-state index contributed by atoms with van der Waals surface area (Å²) in [5, 5.41) is 2.77. The highest BCUT2D eigenvalue weighted by atomic mass is 79.9. The molecular weight excluding hydrogens is 284 g/mol. The molecule has 0 aliphatic carbocycles. The van der Waals surface area contributed by atoms with Gasteiger partial charge in [0.05, 0.1) is 12.0 Å². The number of hydrogen-bond acceptors (Lipinski definition) is 3. The van der Waals surface area contributed by atoms with Crippen molar-refractivity contribution in [3.8, 4) is 0 Å². The normalized spacial score (nSPS) is 10.2. The van der Waals surface area contributed by atoms with Gasteiger partial charge in [0.25, 0.3) is 5.91 Å². The molecule has 1 amide bonds. The molecule has 0 spiro atoms. The lowest BCUT2D eigenvalue weighted by molar-refractivity contribution is 0.102. The van der Waals surface area contributed by atoms with Gasteiger partial charge in [-0.25, -0.2) is 4.98 Å². The molecule has 0 saturated heterocycles. The number of nitrogens with one attached hydrogen (secondary N) is 1. The number of aryl methyl sites for hydroxylation is 1. The number of nitrogens with zero attached hydrogens (tertiary/aromatic N) is 2. The summed E-state index contributed by atoms with van der Waals surface area (Å²) in [7, 11) is 1.72. The molecule has 2 aromatic rings. The van der Waals surface area contributed by atoms with Crippen molar-refractivity contribution in [1.82, 2.24) is 9.55 Å². The molecule has 1 heterocycles. The molecular formula is C11H11BrN4O. The van der Waals surface area contributed by atoms with E-state index in [2.05, 4.69) is 26.2 Å². The second-order valence-corrected chi connectivity index (χ2v) is 4.38. The van der Waals surface area contributed by atoms with E-state index in [0.717, 1.165) is 4.47 Å². The van der Waals surface area contributed by atoms with E-state index >= 15 is 0 Å².